The number of para-hydroxylation sites is 1. The summed E-state index contributed by atoms with van der Waals surface area (Å²) in [6, 6.07) is 20.6. The lowest BCUT2D eigenvalue weighted by Gasteiger charge is -2.12. The van der Waals surface area contributed by atoms with Crippen LogP contribution in [0.1, 0.15) is 31.8 Å². The highest BCUT2D eigenvalue weighted by atomic mass is 16.5. The van der Waals surface area contributed by atoms with Crippen molar-refractivity contribution >= 4 is 23.3 Å². The molecule has 0 saturated carbocycles. The molecule has 6 nitrogen and oxygen atoms in total. The predicted molar refractivity (Wildman–Crippen MR) is 118 cm³/mol. The van der Waals surface area contributed by atoms with Gasteiger partial charge in [0.2, 0.25) is 0 Å². The van der Waals surface area contributed by atoms with E-state index < -0.39 is 11.9 Å². The van der Waals surface area contributed by atoms with Gasteiger partial charge in [-0.2, -0.15) is 0 Å². The lowest BCUT2D eigenvalue weighted by molar-refractivity contribution is -0.118. The summed E-state index contributed by atoms with van der Waals surface area (Å²) < 4.78 is 10.7. The molecule has 3 aromatic carbocycles. The van der Waals surface area contributed by atoms with Crippen molar-refractivity contribution in [3.05, 3.63) is 95.1 Å². The van der Waals surface area contributed by atoms with E-state index in [1.165, 1.54) is 6.07 Å². The molecule has 0 aliphatic rings. The molecule has 3 aromatic rings. The van der Waals surface area contributed by atoms with E-state index in [4.69, 9.17) is 9.47 Å². The second-order valence-electron chi connectivity index (χ2n) is 6.99. The summed E-state index contributed by atoms with van der Waals surface area (Å²) in [7, 11) is 0. The molecule has 0 heterocycles. The van der Waals surface area contributed by atoms with Gasteiger partial charge in [0, 0.05) is 5.56 Å². The number of Topliss-reactive ketones (excluding diaryl/α,β-unsaturated/α-hetero) is 1. The number of rotatable bonds is 8. The molecule has 0 unspecified atom stereocenters. The van der Waals surface area contributed by atoms with Gasteiger partial charge in [-0.05, 0) is 49.2 Å². The Morgan fingerprint density at radius 2 is 1.52 bits per heavy atom. The maximum absolute atomic E-state index is 12.5. The number of carbonyl (C=O) groups excluding carboxylic acids is 3. The van der Waals surface area contributed by atoms with Gasteiger partial charge >= 0.3 is 5.97 Å². The van der Waals surface area contributed by atoms with E-state index in [0.717, 1.165) is 11.1 Å². The lowest BCUT2D eigenvalue weighted by Crippen LogP contribution is -2.22. The summed E-state index contributed by atoms with van der Waals surface area (Å²) >= 11 is 0. The molecule has 1 N–H and O–H groups in total. The van der Waals surface area contributed by atoms with Crippen LogP contribution in [0.2, 0.25) is 0 Å². The second-order valence-corrected chi connectivity index (χ2v) is 6.99. The van der Waals surface area contributed by atoms with Gasteiger partial charge in [0.15, 0.2) is 19.0 Å². The van der Waals surface area contributed by atoms with Crippen LogP contribution in [0.3, 0.4) is 0 Å². The van der Waals surface area contributed by atoms with E-state index in [0.29, 0.717) is 11.3 Å². The molecular weight excluding hydrogens is 394 g/mol. The molecule has 0 aliphatic heterocycles. The normalized spacial score (nSPS) is 10.3. The molecule has 158 valence electrons. The predicted octanol–water partition coefficient (Wildman–Crippen LogP) is 4.36. The third kappa shape index (κ3) is 6.02. The van der Waals surface area contributed by atoms with E-state index in [1.54, 1.807) is 54.6 Å². The Balaban J connectivity index is 1.58. The quantitative estimate of drug-likeness (QED) is 0.435. The van der Waals surface area contributed by atoms with Crippen molar-refractivity contribution in [3.63, 3.8) is 0 Å². The van der Waals surface area contributed by atoms with Crippen LogP contribution in [0.15, 0.2) is 72.8 Å². The number of hydrogen-bond acceptors (Lipinski definition) is 5. The minimum absolute atomic E-state index is 0.155. The van der Waals surface area contributed by atoms with Gasteiger partial charge in [-0.15, -0.1) is 0 Å². The number of aryl methyl sites for hydroxylation is 2. The van der Waals surface area contributed by atoms with Crippen molar-refractivity contribution in [1.82, 2.24) is 0 Å². The first kappa shape index (κ1) is 21.8. The van der Waals surface area contributed by atoms with Crippen molar-refractivity contribution < 1.29 is 23.9 Å². The van der Waals surface area contributed by atoms with Gasteiger partial charge in [0.1, 0.15) is 5.75 Å². The second kappa shape index (κ2) is 10.2. The third-order valence-corrected chi connectivity index (χ3v) is 4.70. The molecule has 3 rings (SSSR count). The van der Waals surface area contributed by atoms with Crippen LogP contribution in [0.4, 0.5) is 5.69 Å². The molecule has 0 fully saturated rings. The summed E-state index contributed by atoms with van der Waals surface area (Å²) in [6.07, 6.45) is 0. The Hall–Kier alpha value is -3.93. The fourth-order valence-corrected chi connectivity index (χ4v) is 2.83. The maximum atomic E-state index is 12.5. The molecule has 0 aromatic heterocycles. The fourth-order valence-electron chi connectivity index (χ4n) is 2.83. The van der Waals surface area contributed by atoms with Crippen LogP contribution in [0.25, 0.3) is 0 Å². The van der Waals surface area contributed by atoms with Crippen molar-refractivity contribution in [3.8, 4) is 5.75 Å². The molecule has 0 bridgehead atoms. The highest BCUT2D eigenvalue weighted by Gasteiger charge is 2.16. The van der Waals surface area contributed by atoms with E-state index in [1.807, 2.05) is 26.0 Å². The molecule has 0 aliphatic carbocycles. The maximum Gasteiger partial charge on any atom is 0.340 e. The summed E-state index contributed by atoms with van der Waals surface area (Å²) in [4.78, 5) is 36.9. The number of carbonyl (C=O) groups is 3. The molecule has 0 spiro atoms. The van der Waals surface area contributed by atoms with Crippen molar-refractivity contribution in [2.45, 2.75) is 13.8 Å². The van der Waals surface area contributed by atoms with Gasteiger partial charge < -0.3 is 14.8 Å². The topological polar surface area (TPSA) is 81.7 Å². The van der Waals surface area contributed by atoms with E-state index in [2.05, 4.69) is 5.32 Å². The Bertz CT molecular complexity index is 1090. The average molecular weight is 417 g/mol. The smallest absolute Gasteiger partial charge is 0.340 e. The molecule has 1 amide bonds. The Labute approximate surface area is 180 Å². The zero-order valence-corrected chi connectivity index (χ0v) is 17.4. The summed E-state index contributed by atoms with van der Waals surface area (Å²) in [5.74, 6) is -0.836. The van der Waals surface area contributed by atoms with Gasteiger partial charge in [0.05, 0.1) is 11.3 Å². The van der Waals surface area contributed by atoms with E-state index in [9.17, 15) is 14.4 Å². The minimum Gasteiger partial charge on any atom is -0.484 e. The third-order valence-electron chi connectivity index (χ3n) is 4.70. The number of nitrogens with one attached hydrogen (secondary N) is 1. The number of esters is 1. The SMILES string of the molecule is Cc1ccc(OCC(=O)Nc2ccccc2C(=O)OCC(=O)c2ccccc2)cc1C. The van der Waals surface area contributed by atoms with E-state index >= 15 is 0 Å². The molecule has 0 saturated heterocycles. The number of anilines is 1. The number of ketones is 1. The zero-order chi connectivity index (χ0) is 22.2. The Kier molecular flexibility index (Phi) is 7.17. The molecule has 31 heavy (non-hydrogen) atoms. The lowest BCUT2D eigenvalue weighted by atomic mass is 10.1. The van der Waals surface area contributed by atoms with Gasteiger partial charge in [-0.3, -0.25) is 9.59 Å². The zero-order valence-electron chi connectivity index (χ0n) is 17.4. The van der Waals surface area contributed by atoms with E-state index in [-0.39, 0.29) is 30.2 Å². The minimum atomic E-state index is -0.699. The van der Waals surface area contributed by atoms with Crippen LogP contribution in [0.5, 0.6) is 5.75 Å². The first-order chi connectivity index (χ1) is 14.9. The van der Waals surface area contributed by atoms with Crippen LogP contribution in [-0.4, -0.2) is 30.9 Å². The fraction of sp³-hybridized carbons (Fsp3) is 0.160. The summed E-state index contributed by atoms with van der Waals surface area (Å²) in [6.45, 7) is 3.36. The number of ether oxygens (including phenoxy) is 2. The molecule has 0 radical (unpaired) electrons. The van der Waals surface area contributed by atoms with Crippen molar-refractivity contribution in [1.29, 1.82) is 0 Å². The standard InChI is InChI=1S/C25H23NO5/c1-17-12-13-20(14-18(17)2)30-16-24(28)26-22-11-7-6-10-21(22)25(29)31-15-23(27)19-8-4-3-5-9-19/h3-14H,15-16H2,1-2H3,(H,26,28). The summed E-state index contributed by atoms with van der Waals surface area (Å²) in [5.41, 5.74) is 3.10. The van der Waals surface area contributed by atoms with Crippen LogP contribution < -0.4 is 10.1 Å². The Morgan fingerprint density at radius 3 is 2.26 bits per heavy atom. The first-order valence-electron chi connectivity index (χ1n) is 9.78. The molecule has 0 atom stereocenters. The first-order valence-corrected chi connectivity index (χ1v) is 9.78. The number of amides is 1. The highest BCUT2D eigenvalue weighted by molar-refractivity contribution is 6.03. The average Bonchev–Trinajstić information content (AvgIpc) is 2.79. The van der Waals surface area contributed by atoms with Crippen LogP contribution in [-0.2, 0) is 9.53 Å². The molecular formula is C25H23NO5. The van der Waals surface area contributed by atoms with Crippen LogP contribution >= 0.6 is 0 Å². The van der Waals surface area contributed by atoms with Crippen molar-refractivity contribution in [2.75, 3.05) is 18.5 Å². The molecule has 6 heteroatoms. The Morgan fingerprint density at radius 1 is 0.806 bits per heavy atom. The number of hydrogen-bond donors (Lipinski definition) is 1. The summed E-state index contributed by atoms with van der Waals surface area (Å²) in [5, 5.41) is 2.66. The van der Waals surface area contributed by atoms with Crippen LogP contribution in [0, 0.1) is 13.8 Å². The van der Waals surface area contributed by atoms with Gasteiger partial charge in [0.25, 0.3) is 5.91 Å². The van der Waals surface area contributed by atoms with Crippen molar-refractivity contribution in [2.24, 2.45) is 0 Å². The van der Waals surface area contributed by atoms with Gasteiger partial charge in [-0.25, -0.2) is 4.79 Å². The largest absolute Gasteiger partial charge is 0.484 e. The number of benzene rings is 3. The highest BCUT2D eigenvalue weighted by Crippen LogP contribution is 2.18. The van der Waals surface area contributed by atoms with Gasteiger partial charge in [-0.1, -0.05) is 48.5 Å². The monoisotopic (exact) mass is 417 g/mol.